The van der Waals surface area contributed by atoms with Crippen molar-refractivity contribution in [1.29, 1.82) is 0 Å². The highest BCUT2D eigenvalue weighted by Crippen LogP contribution is 2.40. The van der Waals surface area contributed by atoms with Gasteiger partial charge < -0.3 is 24.2 Å². The van der Waals surface area contributed by atoms with Gasteiger partial charge in [-0.05, 0) is 26.1 Å². The van der Waals surface area contributed by atoms with Gasteiger partial charge in [0.15, 0.2) is 0 Å². The van der Waals surface area contributed by atoms with E-state index in [1.165, 1.54) is 0 Å². The van der Waals surface area contributed by atoms with Crippen LogP contribution in [0.3, 0.4) is 0 Å². The summed E-state index contributed by atoms with van der Waals surface area (Å²) in [7, 11) is 0.896. The summed E-state index contributed by atoms with van der Waals surface area (Å²) < 4.78 is 20.4. The van der Waals surface area contributed by atoms with Gasteiger partial charge >= 0.3 is 0 Å². The van der Waals surface area contributed by atoms with Crippen molar-refractivity contribution >= 4 is 15.7 Å². The minimum absolute atomic E-state index is 0.0619. The standard InChI is InChI=1S/C9H18BO6P/c1-5(2)16-8-3-7(10)9(11)6(8)4-15-17(12,13)14/h5-9,11H,3-4H2,1-2H3,(H2,12,13,14)/p-1/t6-,7+,8-,9?/m1/s1. The molecule has 8 heteroatoms. The molecule has 2 N–H and O–H groups in total. The van der Waals surface area contributed by atoms with E-state index in [1.807, 2.05) is 13.8 Å². The highest BCUT2D eigenvalue weighted by Gasteiger charge is 2.41. The lowest BCUT2D eigenvalue weighted by molar-refractivity contribution is -0.222. The molecule has 1 rings (SSSR count). The predicted molar refractivity (Wildman–Crippen MR) is 59.4 cm³/mol. The lowest BCUT2D eigenvalue weighted by Crippen LogP contribution is -2.32. The molecule has 0 spiro atoms. The van der Waals surface area contributed by atoms with Gasteiger partial charge in [-0.15, -0.1) is 0 Å². The van der Waals surface area contributed by atoms with E-state index in [4.69, 9.17) is 17.5 Å². The van der Waals surface area contributed by atoms with Crippen LogP contribution in [-0.2, 0) is 13.8 Å². The molecule has 1 fully saturated rings. The second-order valence-corrected chi connectivity index (χ2v) is 5.74. The first-order valence-corrected chi connectivity index (χ1v) is 6.97. The Bertz CT molecular complexity index is 291. The zero-order chi connectivity index (χ0) is 13.2. The molecule has 1 saturated carbocycles. The molecule has 0 heterocycles. The summed E-state index contributed by atoms with van der Waals surface area (Å²) in [4.78, 5) is 19.0. The zero-order valence-electron chi connectivity index (χ0n) is 9.85. The summed E-state index contributed by atoms with van der Waals surface area (Å²) in [5.41, 5.74) is 0. The monoisotopic (exact) mass is 263 g/mol. The molecule has 98 valence electrons. The van der Waals surface area contributed by atoms with Crippen molar-refractivity contribution < 1.29 is 28.7 Å². The number of rotatable bonds is 5. The maximum absolute atomic E-state index is 10.5. The molecule has 0 bridgehead atoms. The van der Waals surface area contributed by atoms with Crippen molar-refractivity contribution in [2.75, 3.05) is 6.61 Å². The first-order chi connectivity index (χ1) is 7.70. The SMILES string of the molecule is [B][C@H]1C[C@@H](OC(C)C)[C@@H](COP(=O)([O-])O)C1O. The lowest BCUT2D eigenvalue weighted by Gasteiger charge is -2.26. The number of hydrogen-bond acceptors (Lipinski definition) is 5. The molecule has 5 atom stereocenters. The van der Waals surface area contributed by atoms with Gasteiger partial charge in [-0.1, -0.05) is 0 Å². The molecule has 0 aliphatic heterocycles. The van der Waals surface area contributed by atoms with Crippen LogP contribution in [0.15, 0.2) is 0 Å². The largest absolute Gasteiger partial charge is 0.756 e. The van der Waals surface area contributed by atoms with Crippen LogP contribution >= 0.6 is 7.82 Å². The Labute approximate surface area is 102 Å². The normalized spacial score (nSPS) is 37.3. The number of aliphatic hydroxyl groups excluding tert-OH is 1. The maximum Gasteiger partial charge on any atom is 0.265 e. The summed E-state index contributed by atoms with van der Waals surface area (Å²) >= 11 is 0. The highest BCUT2D eigenvalue weighted by molar-refractivity contribution is 7.44. The van der Waals surface area contributed by atoms with Crippen LogP contribution in [0.2, 0.25) is 5.82 Å². The maximum atomic E-state index is 10.5. The van der Waals surface area contributed by atoms with E-state index < -0.39 is 25.7 Å². The first-order valence-electron chi connectivity index (χ1n) is 5.48. The van der Waals surface area contributed by atoms with E-state index in [2.05, 4.69) is 4.52 Å². The topological polar surface area (TPSA) is 99.1 Å². The van der Waals surface area contributed by atoms with Gasteiger partial charge in [0.2, 0.25) is 0 Å². The summed E-state index contributed by atoms with van der Waals surface area (Å²) in [6, 6.07) is 0. The van der Waals surface area contributed by atoms with E-state index in [9.17, 15) is 14.6 Å². The Morgan fingerprint density at radius 3 is 2.65 bits per heavy atom. The predicted octanol–water partition coefficient (Wildman–Crippen LogP) is -0.405. The third kappa shape index (κ3) is 4.70. The number of phosphoric ester groups is 1. The van der Waals surface area contributed by atoms with Crippen molar-refractivity contribution in [2.24, 2.45) is 5.92 Å². The van der Waals surface area contributed by atoms with Crippen molar-refractivity contribution in [2.45, 2.75) is 44.4 Å². The smallest absolute Gasteiger partial charge is 0.265 e. The van der Waals surface area contributed by atoms with E-state index >= 15 is 0 Å². The second kappa shape index (κ2) is 5.82. The van der Waals surface area contributed by atoms with Crippen LogP contribution in [0.25, 0.3) is 0 Å². The molecular weight excluding hydrogens is 246 g/mol. The second-order valence-electron chi connectivity index (χ2n) is 4.54. The molecule has 0 aromatic carbocycles. The minimum atomic E-state index is -4.78. The Balaban J connectivity index is 2.60. The molecule has 2 unspecified atom stereocenters. The van der Waals surface area contributed by atoms with Crippen molar-refractivity contribution in [3.05, 3.63) is 0 Å². The third-order valence-corrected chi connectivity index (χ3v) is 3.21. The van der Waals surface area contributed by atoms with Crippen molar-refractivity contribution in [3.63, 3.8) is 0 Å². The molecule has 1 aliphatic rings. The van der Waals surface area contributed by atoms with Gasteiger partial charge in [0.25, 0.3) is 7.82 Å². The fourth-order valence-corrected chi connectivity index (χ4v) is 2.37. The van der Waals surface area contributed by atoms with Crippen LogP contribution in [0.4, 0.5) is 0 Å². The van der Waals surface area contributed by atoms with Gasteiger partial charge in [0.05, 0.1) is 32.8 Å². The van der Waals surface area contributed by atoms with Crippen LogP contribution in [0, 0.1) is 5.92 Å². The van der Waals surface area contributed by atoms with Gasteiger partial charge in [-0.3, -0.25) is 4.57 Å². The Kier molecular flexibility index (Phi) is 5.19. The Hall–Kier alpha value is 0.0949. The van der Waals surface area contributed by atoms with Gasteiger partial charge in [-0.2, -0.15) is 0 Å². The molecule has 2 radical (unpaired) electrons. The average molecular weight is 263 g/mol. The summed E-state index contributed by atoms with van der Waals surface area (Å²) in [5.74, 6) is -1.03. The summed E-state index contributed by atoms with van der Waals surface area (Å²) in [5, 5.41) is 9.78. The molecule has 0 amide bonds. The number of hydrogen-bond donors (Lipinski definition) is 2. The van der Waals surface area contributed by atoms with Crippen LogP contribution in [0.5, 0.6) is 0 Å². The van der Waals surface area contributed by atoms with Gasteiger partial charge in [-0.25, -0.2) is 0 Å². The molecule has 17 heavy (non-hydrogen) atoms. The number of aliphatic hydroxyl groups is 1. The van der Waals surface area contributed by atoms with Crippen LogP contribution < -0.4 is 4.89 Å². The van der Waals surface area contributed by atoms with E-state index in [1.54, 1.807) is 0 Å². The van der Waals surface area contributed by atoms with E-state index in [-0.39, 0.29) is 18.8 Å². The molecule has 0 saturated heterocycles. The number of ether oxygens (including phenoxy) is 1. The number of phosphoric acid groups is 1. The minimum Gasteiger partial charge on any atom is -0.756 e. The van der Waals surface area contributed by atoms with Crippen LogP contribution in [0.1, 0.15) is 20.3 Å². The summed E-state index contributed by atoms with van der Waals surface area (Å²) in [6.45, 7) is 3.33. The molecular formula is C9H17BO6P-. The molecule has 1 aliphatic carbocycles. The average Bonchev–Trinajstić information content (AvgIpc) is 2.38. The first kappa shape index (κ1) is 15.2. The summed E-state index contributed by atoms with van der Waals surface area (Å²) in [6.07, 6.45) is -0.896. The van der Waals surface area contributed by atoms with E-state index in [0.29, 0.717) is 6.42 Å². The van der Waals surface area contributed by atoms with Gasteiger partial charge in [0.1, 0.15) is 0 Å². The Morgan fingerprint density at radius 2 is 2.18 bits per heavy atom. The van der Waals surface area contributed by atoms with E-state index in [0.717, 1.165) is 0 Å². The molecule has 6 nitrogen and oxygen atoms in total. The third-order valence-electron chi connectivity index (χ3n) is 2.74. The Morgan fingerprint density at radius 1 is 1.59 bits per heavy atom. The zero-order valence-corrected chi connectivity index (χ0v) is 10.7. The fourth-order valence-electron chi connectivity index (χ4n) is 2.01. The molecule has 0 aromatic rings. The molecule has 0 aromatic heterocycles. The lowest BCUT2D eigenvalue weighted by atomic mass is 9.83. The van der Waals surface area contributed by atoms with Crippen LogP contribution in [-0.4, -0.2) is 42.8 Å². The van der Waals surface area contributed by atoms with Crippen molar-refractivity contribution in [1.82, 2.24) is 0 Å². The van der Waals surface area contributed by atoms with Crippen molar-refractivity contribution in [3.8, 4) is 0 Å². The fraction of sp³-hybridized carbons (Fsp3) is 1.00. The highest BCUT2D eigenvalue weighted by atomic mass is 31.2. The van der Waals surface area contributed by atoms with Gasteiger partial charge in [0, 0.05) is 5.92 Å². The quantitative estimate of drug-likeness (QED) is 0.517.